The lowest BCUT2D eigenvalue weighted by Gasteiger charge is -2.15. The molecule has 0 spiro atoms. The van der Waals surface area contributed by atoms with E-state index >= 15 is 0 Å². The Hall–Kier alpha value is -4.38. The lowest BCUT2D eigenvalue weighted by molar-refractivity contribution is 0.0940. The van der Waals surface area contributed by atoms with Crippen LogP contribution >= 0.6 is 0 Å². The lowest BCUT2D eigenvalue weighted by atomic mass is 10.0. The molecule has 1 atom stereocenters. The van der Waals surface area contributed by atoms with Gasteiger partial charge in [-0.15, -0.1) is 0 Å². The van der Waals surface area contributed by atoms with Crippen molar-refractivity contribution in [2.75, 3.05) is 7.11 Å². The van der Waals surface area contributed by atoms with Gasteiger partial charge in [0.1, 0.15) is 5.75 Å². The van der Waals surface area contributed by atoms with Crippen molar-refractivity contribution in [3.8, 4) is 28.3 Å². The molecule has 0 fully saturated rings. The standard InChI is InChI=1S/C29H25N3O2/c1-19(20-14-16-24(34-2)17-15-20)30-29(33)23-12-10-22(11-13-23)27-18-28(32-31-27)26-9-5-7-21-6-3-4-8-25(21)26/h3-19H,1-2H3,(H,30,33)(H,31,32)/t19-/m0/s1. The van der Waals surface area contributed by atoms with Crippen LogP contribution in [-0.2, 0) is 0 Å². The van der Waals surface area contributed by atoms with Crippen molar-refractivity contribution in [1.29, 1.82) is 0 Å². The molecule has 1 aromatic heterocycles. The highest BCUT2D eigenvalue weighted by Gasteiger charge is 2.13. The van der Waals surface area contributed by atoms with Crippen LogP contribution < -0.4 is 10.1 Å². The van der Waals surface area contributed by atoms with E-state index in [2.05, 4.69) is 45.8 Å². The van der Waals surface area contributed by atoms with E-state index in [0.717, 1.165) is 33.8 Å². The number of H-pyrrole nitrogens is 1. The van der Waals surface area contributed by atoms with Crippen molar-refractivity contribution < 1.29 is 9.53 Å². The van der Waals surface area contributed by atoms with Crippen molar-refractivity contribution in [2.24, 2.45) is 0 Å². The largest absolute Gasteiger partial charge is 0.497 e. The van der Waals surface area contributed by atoms with Gasteiger partial charge in [-0.1, -0.05) is 66.7 Å². The number of amides is 1. The number of aromatic amines is 1. The molecule has 0 unspecified atom stereocenters. The maximum Gasteiger partial charge on any atom is 0.251 e. The molecule has 168 valence electrons. The number of fused-ring (bicyclic) bond motifs is 1. The van der Waals surface area contributed by atoms with Gasteiger partial charge in [0, 0.05) is 16.7 Å². The molecule has 0 aliphatic rings. The third-order valence-electron chi connectivity index (χ3n) is 6.06. The fourth-order valence-corrected chi connectivity index (χ4v) is 4.12. The zero-order valence-corrected chi connectivity index (χ0v) is 19.1. The fourth-order valence-electron chi connectivity index (χ4n) is 4.12. The Kier molecular flexibility index (Phi) is 5.83. The summed E-state index contributed by atoms with van der Waals surface area (Å²) in [5.74, 6) is 0.674. The number of ether oxygens (including phenoxy) is 1. The summed E-state index contributed by atoms with van der Waals surface area (Å²) in [7, 11) is 1.64. The van der Waals surface area contributed by atoms with Crippen molar-refractivity contribution in [1.82, 2.24) is 15.5 Å². The van der Waals surface area contributed by atoms with Gasteiger partial charge in [-0.2, -0.15) is 5.10 Å². The average molecular weight is 448 g/mol. The predicted molar refractivity (Wildman–Crippen MR) is 136 cm³/mol. The monoisotopic (exact) mass is 447 g/mol. The van der Waals surface area contributed by atoms with E-state index in [1.54, 1.807) is 7.11 Å². The van der Waals surface area contributed by atoms with Gasteiger partial charge < -0.3 is 10.1 Å². The second-order valence-corrected chi connectivity index (χ2v) is 8.24. The van der Waals surface area contributed by atoms with Crippen LogP contribution in [0.3, 0.4) is 0 Å². The first-order valence-corrected chi connectivity index (χ1v) is 11.2. The van der Waals surface area contributed by atoms with Gasteiger partial charge in [0.05, 0.1) is 24.5 Å². The normalized spacial score (nSPS) is 11.8. The summed E-state index contributed by atoms with van der Waals surface area (Å²) in [6.45, 7) is 1.96. The molecule has 5 nitrogen and oxygen atoms in total. The number of carbonyl (C=O) groups excluding carboxylic acids is 1. The molecule has 5 rings (SSSR count). The van der Waals surface area contributed by atoms with Gasteiger partial charge >= 0.3 is 0 Å². The molecule has 2 N–H and O–H groups in total. The molecular weight excluding hydrogens is 422 g/mol. The smallest absolute Gasteiger partial charge is 0.251 e. The van der Waals surface area contributed by atoms with Crippen LogP contribution in [0.4, 0.5) is 0 Å². The quantitative estimate of drug-likeness (QED) is 0.317. The van der Waals surface area contributed by atoms with Gasteiger partial charge in [0.15, 0.2) is 0 Å². The lowest BCUT2D eigenvalue weighted by Crippen LogP contribution is -2.26. The Balaban J connectivity index is 1.31. The highest BCUT2D eigenvalue weighted by atomic mass is 16.5. The van der Waals surface area contributed by atoms with Crippen LogP contribution in [0.1, 0.15) is 28.9 Å². The Morgan fingerprint density at radius 2 is 1.65 bits per heavy atom. The van der Waals surface area contributed by atoms with E-state index in [9.17, 15) is 4.79 Å². The Morgan fingerprint density at radius 1 is 0.912 bits per heavy atom. The highest BCUT2D eigenvalue weighted by molar-refractivity contribution is 5.96. The molecule has 5 heteroatoms. The van der Waals surface area contributed by atoms with E-state index in [1.165, 1.54) is 10.8 Å². The molecule has 0 aliphatic heterocycles. The maximum absolute atomic E-state index is 12.8. The van der Waals surface area contributed by atoms with Gasteiger partial charge in [0.2, 0.25) is 0 Å². The van der Waals surface area contributed by atoms with Gasteiger partial charge in [0.25, 0.3) is 5.91 Å². The summed E-state index contributed by atoms with van der Waals surface area (Å²) in [6, 6.07) is 31.7. The Morgan fingerprint density at radius 3 is 2.41 bits per heavy atom. The van der Waals surface area contributed by atoms with E-state index in [0.29, 0.717) is 5.56 Å². The Bertz CT molecular complexity index is 1430. The first kappa shape index (κ1) is 21.5. The minimum atomic E-state index is -0.118. The third-order valence-corrected chi connectivity index (χ3v) is 6.06. The second-order valence-electron chi connectivity index (χ2n) is 8.24. The van der Waals surface area contributed by atoms with Gasteiger partial charge in [-0.3, -0.25) is 9.89 Å². The number of nitrogens with zero attached hydrogens (tertiary/aromatic N) is 1. The number of aromatic nitrogens is 2. The van der Waals surface area contributed by atoms with Crippen molar-refractivity contribution >= 4 is 16.7 Å². The van der Waals surface area contributed by atoms with E-state index < -0.39 is 0 Å². The van der Waals surface area contributed by atoms with Gasteiger partial charge in [-0.05, 0) is 53.6 Å². The predicted octanol–water partition coefficient (Wildman–Crippen LogP) is 6.40. The first-order valence-electron chi connectivity index (χ1n) is 11.2. The van der Waals surface area contributed by atoms with E-state index in [4.69, 9.17) is 4.74 Å². The van der Waals surface area contributed by atoms with Crippen LogP contribution in [0.25, 0.3) is 33.3 Å². The van der Waals surface area contributed by atoms with Crippen molar-refractivity contribution in [3.05, 3.63) is 108 Å². The van der Waals surface area contributed by atoms with Crippen molar-refractivity contribution in [2.45, 2.75) is 13.0 Å². The summed E-state index contributed by atoms with van der Waals surface area (Å²) in [4.78, 5) is 12.8. The fraction of sp³-hybridized carbons (Fsp3) is 0.103. The molecule has 34 heavy (non-hydrogen) atoms. The molecule has 0 saturated heterocycles. The van der Waals surface area contributed by atoms with E-state index in [1.807, 2.05) is 73.7 Å². The SMILES string of the molecule is COc1ccc([C@H](C)NC(=O)c2ccc(-c3cc(-c4cccc5ccccc45)[nH]n3)cc2)cc1. The van der Waals surface area contributed by atoms with Gasteiger partial charge in [-0.25, -0.2) is 0 Å². The summed E-state index contributed by atoms with van der Waals surface area (Å²) in [6.07, 6.45) is 0. The maximum atomic E-state index is 12.8. The van der Waals surface area contributed by atoms with Crippen LogP contribution in [0.15, 0.2) is 97.1 Å². The minimum Gasteiger partial charge on any atom is -0.497 e. The number of benzene rings is 4. The molecule has 0 bridgehead atoms. The molecule has 5 aromatic rings. The number of methoxy groups -OCH3 is 1. The molecule has 0 aliphatic carbocycles. The van der Waals surface area contributed by atoms with Crippen LogP contribution in [0.5, 0.6) is 5.75 Å². The summed E-state index contributed by atoms with van der Waals surface area (Å²) in [5.41, 5.74) is 5.48. The summed E-state index contributed by atoms with van der Waals surface area (Å²) >= 11 is 0. The third kappa shape index (κ3) is 4.28. The van der Waals surface area contributed by atoms with Crippen LogP contribution in [0.2, 0.25) is 0 Å². The zero-order chi connectivity index (χ0) is 23.5. The van der Waals surface area contributed by atoms with Crippen molar-refractivity contribution in [3.63, 3.8) is 0 Å². The number of carbonyl (C=O) groups is 1. The average Bonchev–Trinajstić information content (AvgIpc) is 3.38. The minimum absolute atomic E-state index is 0.117. The number of hydrogen-bond donors (Lipinski definition) is 2. The summed E-state index contributed by atoms with van der Waals surface area (Å²) in [5, 5.41) is 13.1. The number of rotatable bonds is 6. The molecular formula is C29H25N3O2. The first-order chi connectivity index (χ1) is 16.6. The molecule has 0 radical (unpaired) electrons. The molecule has 1 amide bonds. The zero-order valence-electron chi connectivity index (χ0n) is 19.1. The van der Waals surface area contributed by atoms with Crippen LogP contribution in [-0.4, -0.2) is 23.2 Å². The number of hydrogen-bond acceptors (Lipinski definition) is 3. The second kappa shape index (κ2) is 9.24. The highest BCUT2D eigenvalue weighted by Crippen LogP contribution is 2.30. The molecule has 4 aromatic carbocycles. The Labute approximate surface area is 198 Å². The summed E-state index contributed by atoms with van der Waals surface area (Å²) < 4.78 is 5.20. The topological polar surface area (TPSA) is 67.0 Å². The molecule has 1 heterocycles. The van der Waals surface area contributed by atoms with E-state index in [-0.39, 0.29) is 11.9 Å². The molecule has 0 saturated carbocycles. The van der Waals surface area contributed by atoms with Crippen LogP contribution in [0, 0.1) is 0 Å². The number of nitrogens with one attached hydrogen (secondary N) is 2.